The maximum absolute atomic E-state index is 14.6. The lowest BCUT2D eigenvalue weighted by atomic mass is 10.1. The number of anilines is 2. The van der Waals surface area contributed by atoms with Gasteiger partial charge in [0.25, 0.3) is 0 Å². The molecule has 33 heavy (non-hydrogen) atoms. The summed E-state index contributed by atoms with van der Waals surface area (Å²) in [6.45, 7) is 11.2. The van der Waals surface area contributed by atoms with Crippen LogP contribution < -0.4 is 10.6 Å². The van der Waals surface area contributed by atoms with Crippen molar-refractivity contribution in [3.8, 4) is 11.3 Å². The quantitative estimate of drug-likeness (QED) is 0.535. The molecule has 0 aliphatic carbocycles. The average molecular weight is 457 g/mol. The van der Waals surface area contributed by atoms with E-state index in [2.05, 4.69) is 20.6 Å². The smallest absolute Gasteiger partial charge is 0.411 e. The van der Waals surface area contributed by atoms with E-state index in [0.717, 1.165) is 0 Å². The number of rotatable bonds is 6. The summed E-state index contributed by atoms with van der Waals surface area (Å²) in [5.74, 6) is -0.160. The van der Waals surface area contributed by atoms with Gasteiger partial charge < -0.3 is 15.0 Å². The SMILES string of the molecule is CC(C)OC(=O)Nc1cnc2nc(-c3cc(NC(=O)N(C(C)C)C(C)C)ccc3F)cn2c1. The highest BCUT2D eigenvalue weighted by Gasteiger charge is 2.21. The highest BCUT2D eigenvalue weighted by atomic mass is 19.1. The van der Waals surface area contributed by atoms with Crippen molar-refractivity contribution < 1.29 is 18.7 Å². The van der Waals surface area contributed by atoms with Gasteiger partial charge in [-0.2, -0.15) is 0 Å². The minimum absolute atomic E-state index is 0.00931. The van der Waals surface area contributed by atoms with Crippen molar-refractivity contribution in [1.82, 2.24) is 19.3 Å². The lowest BCUT2D eigenvalue weighted by molar-refractivity contribution is 0.130. The van der Waals surface area contributed by atoms with Crippen LogP contribution in [0.1, 0.15) is 41.5 Å². The first kappa shape index (κ1) is 24.0. The molecule has 0 fully saturated rings. The van der Waals surface area contributed by atoms with Crippen molar-refractivity contribution in [3.63, 3.8) is 0 Å². The van der Waals surface area contributed by atoms with Crippen molar-refractivity contribution in [1.29, 1.82) is 0 Å². The number of urea groups is 1. The van der Waals surface area contributed by atoms with Gasteiger partial charge in [0.1, 0.15) is 5.82 Å². The lowest BCUT2D eigenvalue weighted by Gasteiger charge is -2.30. The fraction of sp³-hybridized carbons (Fsp3) is 0.391. The normalized spacial score (nSPS) is 11.3. The summed E-state index contributed by atoms with van der Waals surface area (Å²) in [4.78, 5) is 34.8. The number of carbonyl (C=O) groups excluding carboxylic acids is 2. The van der Waals surface area contributed by atoms with Gasteiger partial charge in [-0.15, -0.1) is 0 Å². The second kappa shape index (κ2) is 9.85. The summed E-state index contributed by atoms with van der Waals surface area (Å²) < 4.78 is 21.3. The van der Waals surface area contributed by atoms with Gasteiger partial charge in [0, 0.05) is 35.7 Å². The number of ether oxygens (including phenoxy) is 1. The molecule has 1 aromatic carbocycles. The molecule has 10 heteroatoms. The second-order valence-corrected chi connectivity index (χ2v) is 8.47. The van der Waals surface area contributed by atoms with E-state index in [1.807, 2.05) is 27.7 Å². The molecule has 0 atom stereocenters. The third-order valence-corrected chi connectivity index (χ3v) is 4.74. The molecule has 176 valence electrons. The molecule has 3 amide bonds. The van der Waals surface area contributed by atoms with E-state index in [4.69, 9.17) is 4.74 Å². The molecule has 0 saturated heterocycles. The fourth-order valence-electron chi connectivity index (χ4n) is 3.49. The second-order valence-electron chi connectivity index (χ2n) is 8.47. The number of halogens is 1. The molecule has 9 nitrogen and oxygen atoms in total. The minimum Gasteiger partial charge on any atom is -0.447 e. The van der Waals surface area contributed by atoms with Gasteiger partial charge in [-0.05, 0) is 59.7 Å². The molecule has 0 saturated carbocycles. The molecule has 2 heterocycles. The summed E-state index contributed by atoms with van der Waals surface area (Å²) in [5.41, 5.74) is 1.41. The molecule has 0 radical (unpaired) electrons. The van der Waals surface area contributed by atoms with Crippen LogP contribution in [0.5, 0.6) is 0 Å². The number of nitrogens with zero attached hydrogens (tertiary/aromatic N) is 4. The van der Waals surface area contributed by atoms with Crippen LogP contribution in [0.3, 0.4) is 0 Å². The number of aromatic nitrogens is 3. The molecular formula is C23H29FN6O3. The average Bonchev–Trinajstić information content (AvgIpc) is 3.11. The third-order valence-electron chi connectivity index (χ3n) is 4.74. The summed E-state index contributed by atoms with van der Waals surface area (Å²) >= 11 is 0. The van der Waals surface area contributed by atoms with Crippen molar-refractivity contribution in [3.05, 3.63) is 42.6 Å². The van der Waals surface area contributed by atoms with E-state index >= 15 is 0 Å². The molecular weight excluding hydrogens is 427 g/mol. The highest BCUT2D eigenvalue weighted by molar-refractivity contribution is 5.90. The molecule has 0 bridgehead atoms. The van der Waals surface area contributed by atoms with Gasteiger partial charge in [-0.3, -0.25) is 9.72 Å². The Morgan fingerprint density at radius 2 is 1.73 bits per heavy atom. The lowest BCUT2D eigenvalue weighted by Crippen LogP contribution is -2.44. The van der Waals surface area contributed by atoms with Crippen LogP contribution in [0.2, 0.25) is 0 Å². The van der Waals surface area contributed by atoms with E-state index in [1.54, 1.807) is 35.5 Å². The van der Waals surface area contributed by atoms with Crippen LogP contribution in [-0.2, 0) is 4.74 Å². The summed E-state index contributed by atoms with van der Waals surface area (Å²) in [6.07, 6.45) is 3.78. The Kier molecular flexibility index (Phi) is 7.15. The van der Waals surface area contributed by atoms with E-state index in [1.165, 1.54) is 24.4 Å². The molecule has 0 aliphatic rings. The zero-order chi connectivity index (χ0) is 24.3. The largest absolute Gasteiger partial charge is 0.447 e. The molecule has 0 aliphatic heterocycles. The van der Waals surface area contributed by atoms with Crippen molar-refractivity contribution in [2.75, 3.05) is 10.6 Å². The zero-order valence-electron chi connectivity index (χ0n) is 19.6. The Morgan fingerprint density at radius 1 is 1.03 bits per heavy atom. The van der Waals surface area contributed by atoms with Crippen molar-refractivity contribution in [2.24, 2.45) is 0 Å². The number of imidazole rings is 1. The van der Waals surface area contributed by atoms with E-state index in [0.29, 0.717) is 22.8 Å². The third kappa shape index (κ3) is 5.76. The highest BCUT2D eigenvalue weighted by Crippen LogP contribution is 2.26. The first-order valence-electron chi connectivity index (χ1n) is 10.8. The summed E-state index contributed by atoms with van der Waals surface area (Å²) in [7, 11) is 0. The summed E-state index contributed by atoms with van der Waals surface area (Å²) in [6, 6.07) is 4.08. The topological polar surface area (TPSA) is 101 Å². The zero-order valence-corrected chi connectivity index (χ0v) is 19.6. The molecule has 3 rings (SSSR count). The van der Waals surface area contributed by atoms with Crippen LogP contribution in [0, 0.1) is 5.82 Å². The monoisotopic (exact) mass is 456 g/mol. The fourth-order valence-corrected chi connectivity index (χ4v) is 3.49. The van der Waals surface area contributed by atoms with Crippen LogP contribution in [-0.4, -0.2) is 49.6 Å². The van der Waals surface area contributed by atoms with Gasteiger partial charge >= 0.3 is 12.1 Å². The predicted molar refractivity (Wildman–Crippen MR) is 125 cm³/mol. The molecule has 3 aromatic rings. The Hall–Kier alpha value is -3.69. The number of hydrogen-bond acceptors (Lipinski definition) is 5. The van der Waals surface area contributed by atoms with Crippen LogP contribution in [0.25, 0.3) is 17.0 Å². The standard InChI is InChI=1S/C23H29FN6O3/c1-13(2)30(14(3)4)22(31)26-16-7-8-19(24)18(9-16)20-12-29-11-17(10-25-21(29)28-20)27-23(32)33-15(5)6/h7-15H,1-6H3,(H,26,31)(H,27,32). The maximum atomic E-state index is 14.6. The molecule has 0 spiro atoms. The number of nitrogens with one attached hydrogen (secondary N) is 2. The Balaban J connectivity index is 1.86. The number of amides is 3. The van der Waals surface area contributed by atoms with Gasteiger partial charge in [0.05, 0.1) is 23.7 Å². The Bertz CT molecular complexity index is 1150. The van der Waals surface area contributed by atoms with E-state index in [-0.39, 0.29) is 29.8 Å². The number of carbonyl (C=O) groups is 2. The van der Waals surface area contributed by atoms with E-state index < -0.39 is 11.9 Å². The first-order valence-corrected chi connectivity index (χ1v) is 10.8. The summed E-state index contributed by atoms with van der Waals surface area (Å²) in [5, 5.41) is 5.42. The van der Waals surface area contributed by atoms with Gasteiger partial charge in [0.15, 0.2) is 0 Å². The van der Waals surface area contributed by atoms with Crippen LogP contribution >= 0.6 is 0 Å². The van der Waals surface area contributed by atoms with Crippen LogP contribution in [0.4, 0.5) is 25.4 Å². The molecule has 2 aromatic heterocycles. The Morgan fingerprint density at radius 3 is 2.36 bits per heavy atom. The van der Waals surface area contributed by atoms with Crippen molar-refractivity contribution >= 4 is 29.3 Å². The predicted octanol–water partition coefficient (Wildman–Crippen LogP) is 5.14. The molecule has 0 unspecified atom stereocenters. The number of hydrogen-bond donors (Lipinski definition) is 2. The van der Waals surface area contributed by atoms with E-state index in [9.17, 15) is 14.0 Å². The van der Waals surface area contributed by atoms with Gasteiger partial charge in [-0.25, -0.2) is 23.9 Å². The number of benzene rings is 1. The Labute approximate surface area is 192 Å². The maximum Gasteiger partial charge on any atom is 0.411 e. The van der Waals surface area contributed by atoms with Crippen LogP contribution in [0.15, 0.2) is 36.8 Å². The number of fused-ring (bicyclic) bond motifs is 1. The molecule has 2 N–H and O–H groups in total. The van der Waals surface area contributed by atoms with Crippen molar-refractivity contribution in [2.45, 2.75) is 59.7 Å². The first-order chi connectivity index (χ1) is 15.5. The van der Waals surface area contributed by atoms with Gasteiger partial charge in [0.2, 0.25) is 5.78 Å². The minimum atomic E-state index is -0.599. The van der Waals surface area contributed by atoms with Gasteiger partial charge in [-0.1, -0.05) is 0 Å².